The first kappa shape index (κ1) is 9.53. The molecule has 0 aromatic heterocycles. The van der Waals surface area contributed by atoms with Crippen LogP contribution in [0.2, 0.25) is 0 Å². The molecule has 14 heavy (non-hydrogen) atoms. The summed E-state index contributed by atoms with van der Waals surface area (Å²) in [6, 6.07) is 6.16. The molecular formula is C12H16O2. The lowest BCUT2D eigenvalue weighted by Gasteiger charge is -2.21. The van der Waals surface area contributed by atoms with Crippen molar-refractivity contribution in [2.24, 2.45) is 0 Å². The maximum Gasteiger partial charge on any atom is 0.119 e. The summed E-state index contributed by atoms with van der Waals surface area (Å²) in [5.74, 6) is 0.947. The van der Waals surface area contributed by atoms with Crippen molar-refractivity contribution in [2.75, 3.05) is 6.61 Å². The first-order valence-corrected chi connectivity index (χ1v) is 5.22. The van der Waals surface area contributed by atoms with E-state index in [-0.39, 0.29) is 6.10 Å². The lowest BCUT2D eigenvalue weighted by Crippen LogP contribution is -2.18. The van der Waals surface area contributed by atoms with Crippen LogP contribution in [-0.4, -0.2) is 17.8 Å². The number of aliphatic hydroxyl groups excluding tert-OH is 1. The van der Waals surface area contributed by atoms with Crippen LogP contribution >= 0.6 is 0 Å². The summed E-state index contributed by atoms with van der Waals surface area (Å²) in [5, 5.41) is 9.50. The highest BCUT2D eigenvalue weighted by Gasteiger charge is 2.16. The minimum Gasteiger partial charge on any atom is -0.494 e. The molecule has 0 saturated carbocycles. The number of ether oxygens (including phenoxy) is 1. The molecule has 1 aromatic rings. The van der Waals surface area contributed by atoms with E-state index >= 15 is 0 Å². The zero-order chi connectivity index (χ0) is 9.97. The number of rotatable bonds is 2. The number of aryl methyl sites for hydroxylation is 1. The molecule has 1 unspecified atom stereocenters. The molecule has 2 nitrogen and oxygen atoms in total. The lowest BCUT2D eigenvalue weighted by atomic mass is 9.90. The van der Waals surface area contributed by atoms with Crippen LogP contribution in [0.1, 0.15) is 24.5 Å². The predicted octanol–water partition coefficient (Wildman–Crippen LogP) is 1.93. The van der Waals surface area contributed by atoms with Gasteiger partial charge in [-0.2, -0.15) is 0 Å². The second-order valence-electron chi connectivity index (χ2n) is 3.76. The van der Waals surface area contributed by atoms with Crippen molar-refractivity contribution in [1.29, 1.82) is 0 Å². The largest absolute Gasteiger partial charge is 0.494 e. The Balaban J connectivity index is 2.22. The van der Waals surface area contributed by atoms with Gasteiger partial charge in [0, 0.05) is 0 Å². The van der Waals surface area contributed by atoms with Gasteiger partial charge in [-0.1, -0.05) is 6.07 Å². The standard InChI is InChI=1S/C12H16O2/c1-2-14-12-6-4-9-7-11(13)5-3-10(9)8-12/h4,6,8,11,13H,2-3,5,7H2,1H3. The molecule has 1 aliphatic carbocycles. The van der Waals surface area contributed by atoms with Crippen LogP contribution < -0.4 is 4.74 Å². The molecule has 2 rings (SSSR count). The molecule has 0 saturated heterocycles. The molecule has 2 heteroatoms. The van der Waals surface area contributed by atoms with E-state index in [9.17, 15) is 5.11 Å². The second kappa shape index (κ2) is 4.01. The summed E-state index contributed by atoms with van der Waals surface area (Å²) in [4.78, 5) is 0. The number of hydrogen-bond acceptors (Lipinski definition) is 2. The van der Waals surface area contributed by atoms with E-state index in [1.54, 1.807) is 0 Å². The average molecular weight is 192 g/mol. The Hall–Kier alpha value is -1.02. The lowest BCUT2D eigenvalue weighted by molar-refractivity contribution is 0.158. The van der Waals surface area contributed by atoms with Crippen LogP contribution in [0.25, 0.3) is 0 Å². The fourth-order valence-electron chi connectivity index (χ4n) is 1.97. The Morgan fingerprint density at radius 3 is 3.07 bits per heavy atom. The van der Waals surface area contributed by atoms with Gasteiger partial charge in [-0.15, -0.1) is 0 Å². The molecule has 76 valence electrons. The summed E-state index contributed by atoms with van der Waals surface area (Å²) < 4.78 is 5.44. The highest BCUT2D eigenvalue weighted by Crippen LogP contribution is 2.25. The van der Waals surface area contributed by atoms with Gasteiger partial charge in [-0.05, 0) is 49.4 Å². The van der Waals surface area contributed by atoms with Gasteiger partial charge in [-0.3, -0.25) is 0 Å². The molecule has 0 radical (unpaired) electrons. The SMILES string of the molecule is CCOc1ccc2c(c1)CCC(O)C2. The van der Waals surface area contributed by atoms with Gasteiger partial charge in [0.25, 0.3) is 0 Å². The van der Waals surface area contributed by atoms with Crippen LogP contribution in [0.3, 0.4) is 0 Å². The number of aliphatic hydroxyl groups is 1. The van der Waals surface area contributed by atoms with Gasteiger partial charge in [0.1, 0.15) is 5.75 Å². The zero-order valence-electron chi connectivity index (χ0n) is 8.49. The molecule has 0 spiro atoms. The topological polar surface area (TPSA) is 29.5 Å². The quantitative estimate of drug-likeness (QED) is 0.776. The first-order valence-electron chi connectivity index (χ1n) is 5.22. The van der Waals surface area contributed by atoms with Crippen LogP contribution in [0, 0.1) is 0 Å². The fraction of sp³-hybridized carbons (Fsp3) is 0.500. The van der Waals surface area contributed by atoms with E-state index in [0.717, 1.165) is 25.0 Å². The van der Waals surface area contributed by atoms with Crippen molar-refractivity contribution in [1.82, 2.24) is 0 Å². The van der Waals surface area contributed by atoms with E-state index in [0.29, 0.717) is 6.61 Å². The van der Waals surface area contributed by atoms with Crippen molar-refractivity contribution in [2.45, 2.75) is 32.3 Å². The van der Waals surface area contributed by atoms with E-state index in [4.69, 9.17) is 4.74 Å². The Morgan fingerprint density at radius 2 is 2.29 bits per heavy atom. The Kier molecular flexibility index (Phi) is 2.73. The van der Waals surface area contributed by atoms with E-state index in [2.05, 4.69) is 12.1 Å². The highest BCUT2D eigenvalue weighted by atomic mass is 16.5. The van der Waals surface area contributed by atoms with Gasteiger partial charge in [-0.25, -0.2) is 0 Å². The normalized spacial score (nSPS) is 20.3. The van der Waals surface area contributed by atoms with Crippen LogP contribution in [0.5, 0.6) is 5.75 Å². The highest BCUT2D eigenvalue weighted by molar-refractivity contribution is 5.37. The third-order valence-electron chi connectivity index (χ3n) is 2.69. The minimum atomic E-state index is -0.152. The molecule has 0 amide bonds. The van der Waals surface area contributed by atoms with Gasteiger partial charge >= 0.3 is 0 Å². The van der Waals surface area contributed by atoms with Gasteiger partial charge in [0.05, 0.1) is 12.7 Å². The molecule has 0 fully saturated rings. The molecular weight excluding hydrogens is 176 g/mol. The molecule has 1 aliphatic rings. The van der Waals surface area contributed by atoms with Crippen molar-refractivity contribution in [3.05, 3.63) is 29.3 Å². The Labute approximate surface area is 84.5 Å². The number of fused-ring (bicyclic) bond motifs is 1. The molecule has 1 N–H and O–H groups in total. The minimum absolute atomic E-state index is 0.152. The maximum atomic E-state index is 9.50. The third-order valence-corrected chi connectivity index (χ3v) is 2.69. The summed E-state index contributed by atoms with van der Waals surface area (Å²) in [6.45, 7) is 2.70. The summed E-state index contributed by atoms with van der Waals surface area (Å²) in [6.07, 6.45) is 2.49. The average Bonchev–Trinajstić information content (AvgIpc) is 2.19. The second-order valence-corrected chi connectivity index (χ2v) is 3.76. The number of hydrogen-bond donors (Lipinski definition) is 1. The molecule has 0 heterocycles. The molecule has 1 aromatic carbocycles. The van der Waals surface area contributed by atoms with Gasteiger partial charge < -0.3 is 9.84 Å². The van der Waals surface area contributed by atoms with Crippen LogP contribution in [-0.2, 0) is 12.8 Å². The monoisotopic (exact) mass is 192 g/mol. The maximum absolute atomic E-state index is 9.50. The molecule has 1 atom stereocenters. The Bertz CT molecular complexity index is 320. The summed E-state index contributed by atoms with van der Waals surface area (Å²) in [5.41, 5.74) is 2.61. The van der Waals surface area contributed by atoms with Crippen LogP contribution in [0.15, 0.2) is 18.2 Å². The van der Waals surface area contributed by atoms with E-state index in [1.807, 2.05) is 13.0 Å². The van der Waals surface area contributed by atoms with Crippen molar-refractivity contribution in [3.8, 4) is 5.75 Å². The smallest absolute Gasteiger partial charge is 0.119 e. The fourth-order valence-corrected chi connectivity index (χ4v) is 1.97. The van der Waals surface area contributed by atoms with Crippen molar-refractivity contribution >= 4 is 0 Å². The van der Waals surface area contributed by atoms with Gasteiger partial charge in [0.2, 0.25) is 0 Å². The molecule has 0 bridgehead atoms. The molecule has 0 aliphatic heterocycles. The van der Waals surface area contributed by atoms with Crippen LogP contribution in [0.4, 0.5) is 0 Å². The number of benzene rings is 1. The van der Waals surface area contributed by atoms with Crippen molar-refractivity contribution in [3.63, 3.8) is 0 Å². The predicted molar refractivity (Wildman–Crippen MR) is 55.6 cm³/mol. The Morgan fingerprint density at radius 1 is 1.43 bits per heavy atom. The van der Waals surface area contributed by atoms with E-state index in [1.165, 1.54) is 11.1 Å². The zero-order valence-corrected chi connectivity index (χ0v) is 8.49. The van der Waals surface area contributed by atoms with E-state index < -0.39 is 0 Å². The summed E-state index contributed by atoms with van der Waals surface area (Å²) in [7, 11) is 0. The summed E-state index contributed by atoms with van der Waals surface area (Å²) >= 11 is 0. The first-order chi connectivity index (χ1) is 6.79. The third kappa shape index (κ3) is 1.90. The van der Waals surface area contributed by atoms with Gasteiger partial charge in [0.15, 0.2) is 0 Å². The van der Waals surface area contributed by atoms with Crippen molar-refractivity contribution < 1.29 is 9.84 Å².